The topological polar surface area (TPSA) is 26.0 Å². The minimum absolute atomic E-state index is 0.887. The van der Waals surface area contributed by atoms with E-state index in [2.05, 4.69) is 151 Å². The molecule has 2 nitrogen and oxygen atoms in total. The molecule has 8 aromatic carbocycles. The molecular formula is C45H27NO. The van der Waals surface area contributed by atoms with E-state index in [9.17, 15) is 0 Å². The summed E-state index contributed by atoms with van der Waals surface area (Å²) in [5, 5.41) is 11.9. The first kappa shape index (κ1) is 26.0. The van der Waals surface area contributed by atoms with Crippen molar-refractivity contribution in [3.05, 3.63) is 164 Å². The molecule has 0 saturated carbocycles. The van der Waals surface area contributed by atoms with Crippen LogP contribution in [0.3, 0.4) is 0 Å². The normalized spacial score (nSPS) is 11.8. The second kappa shape index (κ2) is 10.1. The Hall–Kier alpha value is -6.25. The molecule has 0 N–H and O–H groups in total. The molecule has 0 radical (unpaired) electrons. The van der Waals surface area contributed by atoms with Gasteiger partial charge >= 0.3 is 0 Å². The van der Waals surface area contributed by atoms with E-state index in [0.29, 0.717) is 0 Å². The molecule has 2 heteroatoms. The Morgan fingerprint density at radius 1 is 0.383 bits per heavy atom. The molecule has 10 aromatic rings. The standard InChI is InChI=1S/C45H27NO/c1-2-11-29-24-30(20-19-28(29)10-1)43-35-14-4-6-16-37(35)44(38-17-7-5-15-36(38)43)31-21-22-34-41-26-40(32-12-9-23-46-27-32)33-13-3-8-18-39(33)45(41)47-42(34)25-31/h1-27H. The van der Waals surface area contributed by atoms with Gasteiger partial charge in [0.15, 0.2) is 0 Å². The first-order valence-electron chi connectivity index (χ1n) is 16.0. The molecule has 2 aromatic heterocycles. The van der Waals surface area contributed by atoms with Crippen molar-refractivity contribution in [3.8, 4) is 33.4 Å². The fourth-order valence-electron chi connectivity index (χ4n) is 7.61. The Balaban J connectivity index is 1.24. The van der Waals surface area contributed by atoms with Crippen LogP contribution in [0.4, 0.5) is 0 Å². The maximum absolute atomic E-state index is 6.76. The van der Waals surface area contributed by atoms with Crippen molar-refractivity contribution >= 4 is 65.0 Å². The van der Waals surface area contributed by atoms with Gasteiger partial charge in [-0.05, 0) is 95.9 Å². The maximum Gasteiger partial charge on any atom is 0.143 e. The molecule has 0 aliphatic carbocycles. The second-order valence-electron chi connectivity index (χ2n) is 12.3. The highest BCUT2D eigenvalue weighted by Gasteiger charge is 2.19. The predicted octanol–water partition coefficient (Wildman–Crippen LogP) is 12.6. The summed E-state index contributed by atoms with van der Waals surface area (Å²) in [7, 11) is 0. The van der Waals surface area contributed by atoms with Crippen LogP contribution in [0.25, 0.3) is 98.4 Å². The van der Waals surface area contributed by atoms with Gasteiger partial charge in [0.25, 0.3) is 0 Å². The van der Waals surface area contributed by atoms with Crippen molar-refractivity contribution in [1.82, 2.24) is 4.98 Å². The summed E-state index contributed by atoms with van der Waals surface area (Å²) in [6.07, 6.45) is 3.76. The van der Waals surface area contributed by atoms with Crippen LogP contribution >= 0.6 is 0 Å². The minimum Gasteiger partial charge on any atom is -0.455 e. The summed E-state index contributed by atoms with van der Waals surface area (Å²) in [6, 6.07) is 54.7. The van der Waals surface area contributed by atoms with Gasteiger partial charge in [-0.25, -0.2) is 0 Å². The number of benzene rings is 8. The van der Waals surface area contributed by atoms with Gasteiger partial charge in [0, 0.05) is 34.1 Å². The average molecular weight is 598 g/mol. The highest BCUT2D eigenvalue weighted by molar-refractivity contribution is 6.23. The zero-order chi connectivity index (χ0) is 30.9. The quantitative estimate of drug-likeness (QED) is 0.189. The Morgan fingerprint density at radius 2 is 0.979 bits per heavy atom. The van der Waals surface area contributed by atoms with Gasteiger partial charge in [-0.2, -0.15) is 0 Å². The number of hydrogen-bond acceptors (Lipinski definition) is 2. The first-order valence-corrected chi connectivity index (χ1v) is 16.0. The number of hydrogen-bond donors (Lipinski definition) is 0. The van der Waals surface area contributed by atoms with Crippen molar-refractivity contribution in [2.75, 3.05) is 0 Å². The highest BCUT2D eigenvalue weighted by atomic mass is 16.3. The summed E-state index contributed by atoms with van der Waals surface area (Å²) < 4.78 is 6.76. The first-order chi connectivity index (χ1) is 23.3. The van der Waals surface area contributed by atoms with Crippen molar-refractivity contribution in [1.29, 1.82) is 0 Å². The van der Waals surface area contributed by atoms with Gasteiger partial charge in [-0.1, -0.05) is 121 Å². The van der Waals surface area contributed by atoms with Crippen LogP contribution < -0.4 is 0 Å². The number of rotatable bonds is 3. The number of aromatic nitrogens is 1. The maximum atomic E-state index is 6.76. The number of furan rings is 1. The molecule has 0 aliphatic rings. The van der Waals surface area contributed by atoms with E-state index < -0.39 is 0 Å². The zero-order valence-electron chi connectivity index (χ0n) is 25.4. The lowest BCUT2D eigenvalue weighted by atomic mass is 9.85. The van der Waals surface area contributed by atoms with E-state index in [-0.39, 0.29) is 0 Å². The van der Waals surface area contributed by atoms with Gasteiger partial charge in [0.1, 0.15) is 11.2 Å². The number of fused-ring (bicyclic) bond motifs is 8. The third kappa shape index (κ3) is 3.95. The fourth-order valence-corrected chi connectivity index (χ4v) is 7.61. The molecule has 0 spiro atoms. The lowest BCUT2D eigenvalue weighted by Gasteiger charge is -2.18. The Bertz CT molecular complexity index is 2790. The van der Waals surface area contributed by atoms with E-state index in [4.69, 9.17) is 4.42 Å². The molecule has 0 bridgehead atoms. The lowest BCUT2D eigenvalue weighted by Crippen LogP contribution is -1.91. The number of nitrogens with zero attached hydrogens (tertiary/aromatic N) is 1. The third-order valence-corrected chi connectivity index (χ3v) is 9.71. The van der Waals surface area contributed by atoms with Crippen LogP contribution in [0.1, 0.15) is 0 Å². The molecule has 2 heterocycles. The summed E-state index contributed by atoms with van der Waals surface area (Å²) in [5.74, 6) is 0. The molecule has 218 valence electrons. The molecular weight excluding hydrogens is 571 g/mol. The van der Waals surface area contributed by atoms with Crippen LogP contribution in [0, 0.1) is 0 Å². The van der Waals surface area contributed by atoms with Crippen molar-refractivity contribution in [2.45, 2.75) is 0 Å². The summed E-state index contributed by atoms with van der Waals surface area (Å²) >= 11 is 0. The van der Waals surface area contributed by atoms with E-state index in [1.54, 1.807) is 0 Å². The smallest absolute Gasteiger partial charge is 0.143 e. The molecule has 0 aliphatic heterocycles. The van der Waals surface area contributed by atoms with Crippen LogP contribution in [-0.4, -0.2) is 4.98 Å². The molecule has 0 saturated heterocycles. The van der Waals surface area contributed by atoms with Crippen LogP contribution in [0.5, 0.6) is 0 Å². The van der Waals surface area contributed by atoms with Gasteiger partial charge < -0.3 is 4.42 Å². The average Bonchev–Trinajstić information content (AvgIpc) is 3.51. The molecule has 0 fully saturated rings. The zero-order valence-corrected chi connectivity index (χ0v) is 25.4. The highest BCUT2D eigenvalue weighted by Crippen LogP contribution is 2.46. The summed E-state index contributed by atoms with van der Waals surface area (Å²) in [6.45, 7) is 0. The van der Waals surface area contributed by atoms with E-state index >= 15 is 0 Å². The van der Waals surface area contributed by atoms with Crippen molar-refractivity contribution in [2.24, 2.45) is 0 Å². The summed E-state index contributed by atoms with van der Waals surface area (Å²) in [5.41, 5.74) is 8.93. The Morgan fingerprint density at radius 3 is 1.66 bits per heavy atom. The van der Waals surface area contributed by atoms with E-state index in [1.165, 1.54) is 49.0 Å². The minimum atomic E-state index is 0.887. The number of pyridine rings is 1. The van der Waals surface area contributed by atoms with E-state index in [0.717, 1.165) is 49.4 Å². The molecule has 0 unspecified atom stereocenters. The van der Waals surface area contributed by atoms with Gasteiger partial charge in [0.2, 0.25) is 0 Å². The van der Waals surface area contributed by atoms with Crippen molar-refractivity contribution in [3.63, 3.8) is 0 Å². The monoisotopic (exact) mass is 597 g/mol. The Labute approximate surface area is 271 Å². The molecule has 10 rings (SSSR count). The lowest BCUT2D eigenvalue weighted by molar-refractivity contribution is 0.673. The van der Waals surface area contributed by atoms with Gasteiger partial charge in [0.05, 0.1) is 0 Å². The van der Waals surface area contributed by atoms with Gasteiger partial charge in [-0.3, -0.25) is 4.98 Å². The predicted molar refractivity (Wildman–Crippen MR) is 198 cm³/mol. The van der Waals surface area contributed by atoms with Crippen LogP contribution in [-0.2, 0) is 0 Å². The molecule has 0 amide bonds. The second-order valence-corrected chi connectivity index (χ2v) is 12.3. The van der Waals surface area contributed by atoms with Gasteiger partial charge in [-0.15, -0.1) is 0 Å². The van der Waals surface area contributed by atoms with E-state index in [1.807, 2.05) is 18.5 Å². The molecule has 0 atom stereocenters. The van der Waals surface area contributed by atoms with Crippen LogP contribution in [0.2, 0.25) is 0 Å². The third-order valence-electron chi connectivity index (χ3n) is 9.71. The largest absolute Gasteiger partial charge is 0.455 e. The Kier molecular flexibility index (Phi) is 5.61. The van der Waals surface area contributed by atoms with Crippen molar-refractivity contribution < 1.29 is 4.42 Å². The van der Waals surface area contributed by atoms with Crippen LogP contribution in [0.15, 0.2) is 168 Å². The fraction of sp³-hybridized carbons (Fsp3) is 0. The molecule has 47 heavy (non-hydrogen) atoms. The summed E-state index contributed by atoms with van der Waals surface area (Å²) in [4.78, 5) is 4.41. The SMILES string of the molecule is c1cncc(-c2cc3c4ccc(-c5c6ccccc6c(-c6ccc7ccccc7c6)c6ccccc56)cc4oc3c3ccccc23)c1.